The molecule has 0 aliphatic heterocycles. The molecule has 4 nitrogen and oxygen atoms in total. The lowest BCUT2D eigenvalue weighted by atomic mass is 9.93. The van der Waals surface area contributed by atoms with E-state index in [1.54, 1.807) is 18.2 Å². The molecule has 31 heavy (non-hydrogen) atoms. The molecule has 4 aromatic rings. The summed E-state index contributed by atoms with van der Waals surface area (Å²) < 4.78 is 14.2. The van der Waals surface area contributed by atoms with Crippen LogP contribution in [0.25, 0.3) is 22.0 Å². The van der Waals surface area contributed by atoms with Crippen LogP contribution in [0.3, 0.4) is 0 Å². The predicted octanol–water partition coefficient (Wildman–Crippen LogP) is 5.59. The monoisotopic (exact) mass is 435 g/mol. The second-order valence-corrected chi connectivity index (χ2v) is 8.46. The second-order valence-electron chi connectivity index (χ2n) is 8.05. The lowest BCUT2D eigenvalue weighted by molar-refractivity contribution is 0.103. The first-order valence-electron chi connectivity index (χ1n) is 9.99. The SMILES string of the molecule is O=C(c1ccccc1F)c1c(O)[nH]c2cc(Cl)c(-c3ccc(C4(CO)CC4)cc3)cc12. The van der Waals surface area contributed by atoms with Gasteiger partial charge in [-0.15, -0.1) is 0 Å². The molecular weight excluding hydrogens is 417 g/mol. The van der Waals surface area contributed by atoms with Gasteiger partial charge in [0.1, 0.15) is 5.82 Å². The molecule has 1 fully saturated rings. The third kappa shape index (κ3) is 3.21. The van der Waals surface area contributed by atoms with Crippen molar-refractivity contribution in [3.8, 4) is 17.0 Å². The maximum atomic E-state index is 14.2. The standard InChI is InChI=1S/C25H19ClFNO3/c26-19-12-21-18(22(24(31)28-21)23(30)16-3-1-2-4-20(16)27)11-17(19)14-5-7-15(8-6-14)25(13-29)9-10-25/h1-8,11-12,28-29,31H,9-10,13H2. The number of fused-ring (bicyclic) bond motifs is 1. The van der Waals surface area contributed by atoms with Crippen LogP contribution in [0, 0.1) is 5.82 Å². The van der Waals surface area contributed by atoms with Gasteiger partial charge in [0.05, 0.1) is 28.3 Å². The second kappa shape index (κ2) is 7.22. The van der Waals surface area contributed by atoms with E-state index in [-0.39, 0.29) is 29.0 Å². The largest absolute Gasteiger partial charge is 0.494 e. The van der Waals surface area contributed by atoms with Crippen LogP contribution in [-0.2, 0) is 5.41 Å². The highest BCUT2D eigenvalue weighted by molar-refractivity contribution is 6.34. The Labute approximate surface area is 182 Å². The number of aromatic amines is 1. The Morgan fingerprint density at radius 3 is 2.45 bits per heavy atom. The Balaban J connectivity index is 1.61. The lowest BCUT2D eigenvalue weighted by Gasteiger charge is -2.13. The number of halogens is 2. The van der Waals surface area contributed by atoms with Gasteiger partial charge in [0.2, 0.25) is 11.7 Å². The van der Waals surface area contributed by atoms with E-state index < -0.39 is 11.6 Å². The summed E-state index contributed by atoms with van der Waals surface area (Å²) >= 11 is 6.50. The maximum absolute atomic E-state index is 14.2. The molecule has 0 unspecified atom stereocenters. The van der Waals surface area contributed by atoms with Crippen molar-refractivity contribution in [2.24, 2.45) is 0 Å². The number of rotatable bonds is 5. The van der Waals surface area contributed by atoms with Crippen molar-refractivity contribution in [3.63, 3.8) is 0 Å². The highest BCUT2D eigenvalue weighted by Gasteiger charge is 2.43. The molecule has 3 N–H and O–H groups in total. The third-order valence-corrected chi connectivity index (χ3v) is 6.49. The quantitative estimate of drug-likeness (QED) is 0.358. The van der Waals surface area contributed by atoms with Crippen LogP contribution in [0.2, 0.25) is 5.02 Å². The molecule has 0 atom stereocenters. The molecule has 0 spiro atoms. The molecule has 1 aliphatic rings. The Bertz CT molecular complexity index is 1320. The summed E-state index contributed by atoms with van der Waals surface area (Å²) in [5, 5.41) is 21.0. The number of aliphatic hydroxyl groups is 1. The number of hydrogen-bond acceptors (Lipinski definition) is 3. The van der Waals surface area contributed by atoms with Crippen LogP contribution in [0.1, 0.15) is 34.3 Å². The van der Waals surface area contributed by atoms with Gasteiger partial charge in [-0.1, -0.05) is 48.0 Å². The zero-order valence-corrected chi connectivity index (χ0v) is 17.2. The lowest BCUT2D eigenvalue weighted by Crippen LogP contribution is -2.11. The summed E-state index contributed by atoms with van der Waals surface area (Å²) in [6, 6.07) is 16.9. The molecule has 1 aromatic heterocycles. The molecule has 0 bridgehead atoms. The fraction of sp³-hybridized carbons (Fsp3) is 0.160. The highest BCUT2D eigenvalue weighted by Crippen LogP contribution is 2.48. The molecule has 0 amide bonds. The average molecular weight is 436 g/mol. The maximum Gasteiger partial charge on any atom is 0.202 e. The van der Waals surface area contributed by atoms with E-state index in [1.807, 2.05) is 24.3 Å². The number of hydrogen-bond donors (Lipinski definition) is 3. The first kappa shape index (κ1) is 19.8. The van der Waals surface area contributed by atoms with Crippen molar-refractivity contribution >= 4 is 28.3 Å². The van der Waals surface area contributed by atoms with Crippen molar-refractivity contribution in [2.75, 3.05) is 6.61 Å². The minimum Gasteiger partial charge on any atom is -0.494 e. The Morgan fingerprint density at radius 2 is 1.81 bits per heavy atom. The van der Waals surface area contributed by atoms with Gasteiger partial charge in [0.25, 0.3) is 0 Å². The number of carbonyl (C=O) groups excluding carboxylic acids is 1. The van der Waals surface area contributed by atoms with Crippen molar-refractivity contribution in [1.29, 1.82) is 0 Å². The Kier molecular flexibility index (Phi) is 4.61. The average Bonchev–Trinajstić information content (AvgIpc) is 3.50. The van der Waals surface area contributed by atoms with Gasteiger partial charge in [-0.25, -0.2) is 4.39 Å². The Morgan fingerprint density at radius 1 is 1.10 bits per heavy atom. The summed E-state index contributed by atoms with van der Waals surface area (Å²) in [6.07, 6.45) is 1.94. The number of nitrogens with one attached hydrogen (secondary N) is 1. The highest BCUT2D eigenvalue weighted by atomic mass is 35.5. The van der Waals surface area contributed by atoms with E-state index in [4.69, 9.17) is 11.6 Å². The molecule has 3 aromatic carbocycles. The fourth-order valence-electron chi connectivity index (χ4n) is 4.12. The number of ketones is 1. The van der Waals surface area contributed by atoms with E-state index in [0.717, 1.165) is 24.0 Å². The zero-order chi connectivity index (χ0) is 21.8. The number of aliphatic hydroxyl groups excluding tert-OH is 1. The van der Waals surface area contributed by atoms with Crippen LogP contribution >= 0.6 is 11.6 Å². The topological polar surface area (TPSA) is 73.3 Å². The molecule has 5 rings (SSSR count). The van der Waals surface area contributed by atoms with E-state index >= 15 is 0 Å². The first-order chi connectivity index (χ1) is 14.9. The molecule has 6 heteroatoms. The molecule has 1 saturated carbocycles. The summed E-state index contributed by atoms with van der Waals surface area (Å²) in [5.74, 6) is -1.58. The van der Waals surface area contributed by atoms with Crippen LogP contribution in [0.15, 0.2) is 60.7 Å². The van der Waals surface area contributed by atoms with Gasteiger partial charge >= 0.3 is 0 Å². The molecule has 0 saturated heterocycles. The molecular formula is C25H19ClFNO3. The minimum atomic E-state index is -0.649. The van der Waals surface area contributed by atoms with Gasteiger partial charge in [0.15, 0.2) is 0 Å². The zero-order valence-electron chi connectivity index (χ0n) is 16.5. The third-order valence-electron chi connectivity index (χ3n) is 6.18. The summed E-state index contributed by atoms with van der Waals surface area (Å²) in [4.78, 5) is 15.8. The Hall–Kier alpha value is -3.15. The van der Waals surface area contributed by atoms with E-state index in [1.165, 1.54) is 18.2 Å². The van der Waals surface area contributed by atoms with Gasteiger partial charge in [-0.3, -0.25) is 4.79 Å². The number of carbonyl (C=O) groups is 1. The first-order valence-corrected chi connectivity index (χ1v) is 10.4. The van der Waals surface area contributed by atoms with Crippen LogP contribution in [-0.4, -0.2) is 27.6 Å². The van der Waals surface area contributed by atoms with Crippen molar-refractivity contribution in [1.82, 2.24) is 4.98 Å². The number of H-pyrrole nitrogens is 1. The van der Waals surface area contributed by atoms with Crippen molar-refractivity contribution in [2.45, 2.75) is 18.3 Å². The van der Waals surface area contributed by atoms with E-state index in [0.29, 0.717) is 21.5 Å². The predicted molar refractivity (Wildman–Crippen MR) is 118 cm³/mol. The summed E-state index contributed by atoms with van der Waals surface area (Å²) in [5.41, 5.74) is 2.87. The van der Waals surface area contributed by atoms with Crippen molar-refractivity contribution in [3.05, 3.63) is 88.2 Å². The van der Waals surface area contributed by atoms with Crippen LogP contribution in [0.5, 0.6) is 5.88 Å². The van der Waals surface area contributed by atoms with Gasteiger partial charge in [0, 0.05) is 16.4 Å². The molecule has 0 radical (unpaired) electrons. The van der Waals surface area contributed by atoms with Crippen molar-refractivity contribution < 1.29 is 19.4 Å². The fourth-order valence-corrected chi connectivity index (χ4v) is 4.40. The molecule has 1 heterocycles. The van der Waals surface area contributed by atoms with Crippen LogP contribution in [0.4, 0.5) is 4.39 Å². The normalized spacial score (nSPS) is 14.7. The molecule has 156 valence electrons. The smallest absolute Gasteiger partial charge is 0.202 e. The summed E-state index contributed by atoms with van der Waals surface area (Å²) in [6.45, 7) is 0.128. The number of benzene rings is 3. The van der Waals surface area contributed by atoms with E-state index in [9.17, 15) is 19.4 Å². The van der Waals surface area contributed by atoms with Gasteiger partial charge in [-0.2, -0.15) is 0 Å². The van der Waals surface area contributed by atoms with Gasteiger partial charge < -0.3 is 15.2 Å². The number of aromatic hydroxyl groups is 1. The summed E-state index contributed by atoms with van der Waals surface area (Å²) in [7, 11) is 0. The van der Waals surface area contributed by atoms with E-state index in [2.05, 4.69) is 4.98 Å². The van der Waals surface area contributed by atoms with Gasteiger partial charge in [-0.05, 0) is 48.2 Å². The molecule has 1 aliphatic carbocycles. The minimum absolute atomic E-state index is 0.00634. The number of aromatic nitrogens is 1. The van der Waals surface area contributed by atoms with Crippen LogP contribution < -0.4 is 0 Å².